The number of carbonyl (C=O) groups excluding carboxylic acids is 6. The lowest BCUT2D eigenvalue weighted by Crippen LogP contribution is -2.44. The number of amides is 5. The molecule has 5 amide bonds. The fraction of sp³-hybridized carbons (Fsp3) is 0.739. The first-order valence-electron chi connectivity index (χ1n) is 11.9. The van der Waals surface area contributed by atoms with Crippen LogP contribution in [0.5, 0.6) is 0 Å². The van der Waals surface area contributed by atoms with Gasteiger partial charge in [0, 0.05) is 58.9 Å². The van der Waals surface area contributed by atoms with Crippen LogP contribution in [0.1, 0.15) is 59.8 Å². The zero-order valence-corrected chi connectivity index (χ0v) is 21.3. The minimum atomic E-state index is -0.323. The van der Waals surface area contributed by atoms with E-state index in [1.54, 1.807) is 27.7 Å². The molecule has 0 aliphatic rings. The van der Waals surface area contributed by atoms with Crippen molar-refractivity contribution in [1.82, 2.24) is 25.3 Å². The Morgan fingerprint density at radius 2 is 1.15 bits per heavy atom. The van der Waals surface area contributed by atoms with Crippen molar-refractivity contribution in [3.63, 3.8) is 0 Å². The molecule has 0 aromatic rings. The van der Waals surface area contributed by atoms with E-state index in [2.05, 4.69) is 10.6 Å². The Morgan fingerprint density at radius 3 is 1.65 bits per heavy atom. The maximum atomic E-state index is 12.5. The molecule has 0 heterocycles. The number of carbonyl (C=O) groups is 6. The molecule has 0 rings (SSSR count). The molecular weight excluding hydrogens is 442 g/mol. The third-order valence-electron chi connectivity index (χ3n) is 5.25. The fourth-order valence-corrected chi connectivity index (χ4v) is 3.20. The summed E-state index contributed by atoms with van der Waals surface area (Å²) in [6.45, 7) is 7.78. The van der Waals surface area contributed by atoms with Crippen molar-refractivity contribution in [3.05, 3.63) is 0 Å². The molecular formula is C23H41N5O6. The van der Waals surface area contributed by atoms with Gasteiger partial charge in [-0.25, -0.2) is 0 Å². The summed E-state index contributed by atoms with van der Waals surface area (Å²) in [4.78, 5) is 76.5. The molecule has 0 aromatic carbocycles. The van der Waals surface area contributed by atoms with Gasteiger partial charge in [-0.05, 0) is 13.3 Å². The van der Waals surface area contributed by atoms with E-state index in [9.17, 15) is 28.8 Å². The number of hydrogen-bond acceptors (Lipinski definition) is 6. The third kappa shape index (κ3) is 12.3. The molecule has 2 N–H and O–H groups in total. The van der Waals surface area contributed by atoms with Crippen LogP contribution in [0.25, 0.3) is 0 Å². The smallest absolute Gasteiger partial charge is 0.239 e. The van der Waals surface area contributed by atoms with E-state index in [0.717, 1.165) is 0 Å². The SMILES string of the molecule is CCC(=O)N(CCNC(=O)CN(CC)C(=O)CC)CC(=O)CCCN(CC(=O)NC)C(=O)CC. The monoisotopic (exact) mass is 483 g/mol. The van der Waals surface area contributed by atoms with Crippen molar-refractivity contribution in [2.24, 2.45) is 0 Å². The van der Waals surface area contributed by atoms with Crippen molar-refractivity contribution in [2.75, 3.05) is 52.9 Å². The molecule has 0 unspecified atom stereocenters. The number of ketones is 1. The minimum absolute atomic E-state index is 0.0487. The van der Waals surface area contributed by atoms with Gasteiger partial charge in [0.05, 0.1) is 19.6 Å². The molecule has 0 fully saturated rings. The lowest BCUT2D eigenvalue weighted by Gasteiger charge is -2.24. The normalized spacial score (nSPS) is 10.3. The zero-order chi connectivity index (χ0) is 26.1. The number of nitrogens with zero attached hydrogens (tertiary/aromatic N) is 3. The Hall–Kier alpha value is -2.98. The first kappa shape index (κ1) is 31.0. The van der Waals surface area contributed by atoms with Gasteiger partial charge in [-0.15, -0.1) is 0 Å². The Morgan fingerprint density at radius 1 is 0.647 bits per heavy atom. The summed E-state index contributed by atoms with van der Waals surface area (Å²) < 4.78 is 0. The minimum Gasteiger partial charge on any atom is -0.358 e. The molecule has 0 atom stereocenters. The second-order valence-corrected chi connectivity index (χ2v) is 7.76. The maximum Gasteiger partial charge on any atom is 0.239 e. The third-order valence-corrected chi connectivity index (χ3v) is 5.25. The van der Waals surface area contributed by atoms with Crippen LogP contribution in [0.4, 0.5) is 0 Å². The molecule has 34 heavy (non-hydrogen) atoms. The van der Waals surface area contributed by atoms with Crippen LogP contribution >= 0.6 is 0 Å². The van der Waals surface area contributed by atoms with E-state index in [1.807, 2.05) is 0 Å². The Kier molecular flexibility index (Phi) is 16.0. The van der Waals surface area contributed by atoms with Gasteiger partial charge in [0.15, 0.2) is 5.78 Å². The van der Waals surface area contributed by atoms with E-state index in [4.69, 9.17) is 0 Å². The highest BCUT2D eigenvalue weighted by Gasteiger charge is 2.19. The topological polar surface area (TPSA) is 136 Å². The van der Waals surface area contributed by atoms with E-state index < -0.39 is 0 Å². The second kappa shape index (κ2) is 17.5. The predicted octanol–water partition coefficient (Wildman–Crippen LogP) is -0.0664. The van der Waals surface area contributed by atoms with Crippen LogP contribution in [0, 0.1) is 0 Å². The van der Waals surface area contributed by atoms with Crippen molar-refractivity contribution in [1.29, 1.82) is 0 Å². The Balaban J connectivity index is 4.67. The Labute approximate surface area is 202 Å². The van der Waals surface area contributed by atoms with Crippen molar-refractivity contribution >= 4 is 35.3 Å². The number of Topliss-reactive ketones (excluding diaryl/α,β-unsaturated/α-hetero) is 1. The number of hydrogen-bond donors (Lipinski definition) is 2. The quantitative estimate of drug-likeness (QED) is 0.297. The van der Waals surface area contributed by atoms with Crippen LogP contribution in [-0.4, -0.2) is 103 Å². The van der Waals surface area contributed by atoms with Gasteiger partial charge in [-0.1, -0.05) is 20.8 Å². The van der Waals surface area contributed by atoms with Crippen LogP contribution in [0.2, 0.25) is 0 Å². The molecule has 0 aliphatic carbocycles. The average Bonchev–Trinajstić information content (AvgIpc) is 2.84. The summed E-state index contributed by atoms with van der Waals surface area (Å²) in [5, 5.41) is 5.16. The van der Waals surface area contributed by atoms with Crippen molar-refractivity contribution in [2.45, 2.75) is 59.8 Å². The average molecular weight is 484 g/mol. The van der Waals surface area contributed by atoms with Gasteiger partial charge in [0.1, 0.15) is 0 Å². The maximum absolute atomic E-state index is 12.5. The zero-order valence-electron chi connectivity index (χ0n) is 21.3. The molecule has 194 valence electrons. The van der Waals surface area contributed by atoms with Crippen LogP contribution in [0.3, 0.4) is 0 Å². The van der Waals surface area contributed by atoms with Crippen molar-refractivity contribution in [3.8, 4) is 0 Å². The van der Waals surface area contributed by atoms with Gasteiger partial charge in [-0.3, -0.25) is 28.8 Å². The van der Waals surface area contributed by atoms with Gasteiger partial charge < -0.3 is 25.3 Å². The molecule has 0 aliphatic heterocycles. The summed E-state index contributed by atoms with van der Waals surface area (Å²) in [6, 6.07) is 0. The van der Waals surface area contributed by atoms with Crippen LogP contribution in [0.15, 0.2) is 0 Å². The lowest BCUT2D eigenvalue weighted by atomic mass is 10.2. The highest BCUT2D eigenvalue weighted by Crippen LogP contribution is 2.03. The van der Waals surface area contributed by atoms with E-state index in [-0.39, 0.29) is 93.9 Å². The summed E-state index contributed by atoms with van der Waals surface area (Å²) in [5.41, 5.74) is 0. The molecule has 0 aromatic heterocycles. The van der Waals surface area contributed by atoms with E-state index in [0.29, 0.717) is 19.4 Å². The van der Waals surface area contributed by atoms with Gasteiger partial charge in [0.2, 0.25) is 29.5 Å². The van der Waals surface area contributed by atoms with E-state index in [1.165, 1.54) is 21.7 Å². The standard InChI is InChI=1S/C23H41N5O6/c1-6-21(32)26(9-4)17-20(31)25-12-14-28(23(34)8-3)15-18(29)11-10-13-27(22(33)7-2)16-19(30)24-5/h6-17H2,1-5H3,(H,24,30)(H,25,31). The predicted molar refractivity (Wildman–Crippen MR) is 128 cm³/mol. The molecule has 0 saturated heterocycles. The van der Waals surface area contributed by atoms with Gasteiger partial charge >= 0.3 is 0 Å². The summed E-state index contributed by atoms with van der Waals surface area (Å²) >= 11 is 0. The number of nitrogens with one attached hydrogen (secondary N) is 2. The summed E-state index contributed by atoms with van der Waals surface area (Å²) in [7, 11) is 1.49. The molecule has 11 heteroatoms. The fourth-order valence-electron chi connectivity index (χ4n) is 3.20. The lowest BCUT2D eigenvalue weighted by molar-refractivity contribution is -0.136. The number of rotatable bonds is 17. The van der Waals surface area contributed by atoms with Crippen molar-refractivity contribution < 1.29 is 28.8 Å². The first-order valence-corrected chi connectivity index (χ1v) is 11.9. The molecule has 0 spiro atoms. The molecule has 0 radical (unpaired) electrons. The molecule has 0 bridgehead atoms. The summed E-state index contributed by atoms with van der Waals surface area (Å²) in [6.07, 6.45) is 1.34. The number of likely N-dealkylation sites (N-methyl/N-ethyl adjacent to an activating group) is 2. The van der Waals surface area contributed by atoms with Crippen LogP contribution in [-0.2, 0) is 28.8 Å². The Bertz CT molecular complexity index is 712. The van der Waals surface area contributed by atoms with Gasteiger partial charge in [0.25, 0.3) is 0 Å². The highest BCUT2D eigenvalue weighted by atomic mass is 16.2. The highest BCUT2D eigenvalue weighted by molar-refractivity contribution is 5.87. The summed E-state index contributed by atoms with van der Waals surface area (Å²) in [5.74, 6) is -1.26. The second-order valence-electron chi connectivity index (χ2n) is 7.76. The largest absolute Gasteiger partial charge is 0.358 e. The molecule has 11 nitrogen and oxygen atoms in total. The molecule has 0 saturated carbocycles. The van der Waals surface area contributed by atoms with E-state index >= 15 is 0 Å². The van der Waals surface area contributed by atoms with Crippen LogP contribution < -0.4 is 10.6 Å². The van der Waals surface area contributed by atoms with Gasteiger partial charge in [-0.2, -0.15) is 0 Å². The first-order chi connectivity index (χ1) is 16.1.